The molecule has 0 bridgehead atoms. The Morgan fingerprint density at radius 1 is 1.21 bits per heavy atom. The van der Waals surface area contributed by atoms with E-state index in [4.69, 9.17) is 11.6 Å². The van der Waals surface area contributed by atoms with E-state index in [1.807, 2.05) is 19.9 Å². The average molecular weight is 341 g/mol. The number of carbonyl (C=O) groups is 1. The fraction of sp³-hybridized carbons (Fsp3) is 0.154. The highest BCUT2D eigenvalue weighted by Gasteiger charge is 2.10. The second-order valence-electron chi connectivity index (χ2n) is 4.06. The van der Waals surface area contributed by atoms with Crippen LogP contribution in [0, 0.1) is 13.8 Å². The van der Waals surface area contributed by atoms with Gasteiger partial charge in [-0.05, 0) is 54.0 Å². The number of hydrogen-bond acceptors (Lipinski definition) is 3. The summed E-state index contributed by atoms with van der Waals surface area (Å²) < 4.78 is 0.670. The molecule has 0 unspecified atom stereocenters. The summed E-state index contributed by atoms with van der Waals surface area (Å²) in [6, 6.07) is 6.79. The summed E-state index contributed by atoms with van der Waals surface area (Å²) in [6.07, 6.45) is 0. The number of anilines is 1. The Balaban J connectivity index is 2.22. The molecule has 0 aliphatic heterocycles. The molecular formula is C13H11BrClN3O. The Bertz CT molecular complexity index is 626. The minimum atomic E-state index is -0.276. The highest BCUT2D eigenvalue weighted by molar-refractivity contribution is 9.10. The highest BCUT2D eigenvalue weighted by atomic mass is 79.9. The predicted octanol–water partition coefficient (Wildman–Crippen LogP) is 3.76. The van der Waals surface area contributed by atoms with Crippen LogP contribution >= 0.6 is 27.5 Å². The van der Waals surface area contributed by atoms with Crippen LogP contribution in [0.4, 0.5) is 5.95 Å². The maximum atomic E-state index is 12.0. The minimum absolute atomic E-state index is 0.276. The summed E-state index contributed by atoms with van der Waals surface area (Å²) >= 11 is 9.16. The normalized spacial score (nSPS) is 10.3. The van der Waals surface area contributed by atoms with Gasteiger partial charge in [0.25, 0.3) is 5.91 Å². The molecule has 4 nitrogen and oxygen atoms in total. The van der Waals surface area contributed by atoms with E-state index >= 15 is 0 Å². The number of aryl methyl sites for hydroxylation is 2. The molecule has 19 heavy (non-hydrogen) atoms. The van der Waals surface area contributed by atoms with E-state index in [9.17, 15) is 4.79 Å². The van der Waals surface area contributed by atoms with Gasteiger partial charge in [0.2, 0.25) is 5.95 Å². The third-order valence-electron chi connectivity index (χ3n) is 2.39. The maximum absolute atomic E-state index is 12.0. The number of halogens is 2. The Morgan fingerprint density at radius 2 is 1.84 bits per heavy atom. The summed E-state index contributed by atoms with van der Waals surface area (Å²) in [6.45, 7) is 3.70. The number of hydrogen-bond donors (Lipinski definition) is 1. The number of nitrogens with zero attached hydrogens (tertiary/aromatic N) is 2. The molecule has 1 aromatic heterocycles. The topological polar surface area (TPSA) is 54.9 Å². The average Bonchev–Trinajstić information content (AvgIpc) is 2.31. The van der Waals surface area contributed by atoms with Crippen LogP contribution in [-0.4, -0.2) is 15.9 Å². The SMILES string of the molecule is Cc1cc(C)nc(NC(=O)c2ccc(Cl)c(Br)c2)n1. The van der Waals surface area contributed by atoms with Crippen LogP contribution in [-0.2, 0) is 0 Å². The van der Waals surface area contributed by atoms with Crippen molar-refractivity contribution in [3.05, 3.63) is 50.7 Å². The number of amides is 1. The molecule has 1 aromatic carbocycles. The molecule has 98 valence electrons. The monoisotopic (exact) mass is 339 g/mol. The van der Waals surface area contributed by atoms with Crippen LogP contribution in [0.15, 0.2) is 28.7 Å². The van der Waals surface area contributed by atoms with Crippen LogP contribution in [0.2, 0.25) is 5.02 Å². The fourth-order valence-corrected chi connectivity index (χ4v) is 2.09. The van der Waals surface area contributed by atoms with E-state index in [1.165, 1.54) is 0 Å². The van der Waals surface area contributed by atoms with Gasteiger partial charge < -0.3 is 0 Å². The first-order valence-corrected chi connectivity index (χ1v) is 6.71. The maximum Gasteiger partial charge on any atom is 0.258 e. The van der Waals surface area contributed by atoms with Crippen molar-refractivity contribution in [2.45, 2.75) is 13.8 Å². The van der Waals surface area contributed by atoms with Gasteiger partial charge in [0.1, 0.15) is 0 Å². The Labute approximate surface area is 124 Å². The summed E-state index contributed by atoms with van der Waals surface area (Å²) in [7, 11) is 0. The van der Waals surface area contributed by atoms with Crippen LogP contribution in [0.3, 0.4) is 0 Å². The lowest BCUT2D eigenvalue weighted by atomic mass is 10.2. The van der Waals surface area contributed by atoms with E-state index in [1.54, 1.807) is 18.2 Å². The summed E-state index contributed by atoms with van der Waals surface area (Å²) in [4.78, 5) is 20.4. The van der Waals surface area contributed by atoms with Crippen molar-refractivity contribution < 1.29 is 4.79 Å². The predicted molar refractivity (Wildman–Crippen MR) is 78.6 cm³/mol. The number of aromatic nitrogens is 2. The molecule has 1 heterocycles. The first kappa shape index (κ1) is 14.0. The van der Waals surface area contributed by atoms with E-state index in [0.29, 0.717) is 21.0 Å². The van der Waals surface area contributed by atoms with Gasteiger partial charge in [-0.25, -0.2) is 9.97 Å². The van der Waals surface area contributed by atoms with Gasteiger partial charge in [-0.2, -0.15) is 0 Å². The minimum Gasteiger partial charge on any atom is -0.290 e. The summed E-state index contributed by atoms with van der Waals surface area (Å²) in [5, 5.41) is 3.22. The Hall–Kier alpha value is -1.46. The lowest BCUT2D eigenvalue weighted by molar-refractivity contribution is 0.102. The van der Waals surface area contributed by atoms with Crippen molar-refractivity contribution >= 4 is 39.4 Å². The number of nitrogens with one attached hydrogen (secondary N) is 1. The smallest absolute Gasteiger partial charge is 0.258 e. The zero-order chi connectivity index (χ0) is 14.0. The first-order valence-electron chi connectivity index (χ1n) is 5.54. The molecule has 0 aliphatic carbocycles. The van der Waals surface area contributed by atoms with Crippen LogP contribution in [0.5, 0.6) is 0 Å². The molecule has 2 aromatic rings. The van der Waals surface area contributed by atoms with E-state index in [-0.39, 0.29) is 5.91 Å². The lowest BCUT2D eigenvalue weighted by Gasteiger charge is -2.06. The molecule has 0 aliphatic rings. The van der Waals surface area contributed by atoms with Crippen molar-refractivity contribution in [2.24, 2.45) is 0 Å². The molecule has 0 atom stereocenters. The van der Waals surface area contributed by atoms with E-state index in [2.05, 4.69) is 31.2 Å². The third kappa shape index (κ3) is 3.52. The molecular weight excluding hydrogens is 330 g/mol. The second-order valence-corrected chi connectivity index (χ2v) is 5.32. The zero-order valence-electron chi connectivity index (χ0n) is 10.4. The van der Waals surface area contributed by atoms with Gasteiger partial charge in [0.15, 0.2) is 0 Å². The van der Waals surface area contributed by atoms with Gasteiger partial charge >= 0.3 is 0 Å². The molecule has 0 saturated carbocycles. The molecule has 6 heteroatoms. The molecule has 0 fully saturated rings. The zero-order valence-corrected chi connectivity index (χ0v) is 12.7. The van der Waals surface area contributed by atoms with E-state index in [0.717, 1.165) is 11.4 Å². The quantitative estimate of drug-likeness (QED) is 0.905. The van der Waals surface area contributed by atoms with Gasteiger partial charge in [0, 0.05) is 21.4 Å². The van der Waals surface area contributed by atoms with Crippen LogP contribution < -0.4 is 5.32 Å². The second kappa shape index (κ2) is 5.67. The number of carbonyl (C=O) groups excluding carboxylic acids is 1. The molecule has 0 spiro atoms. The van der Waals surface area contributed by atoms with Gasteiger partial charge in [-0.15, -0.1) is 0 Å². The number of benzene rings is 1. The van der Waals surface area contributed by atoms with Crippen molar-refractivity contribution in [1.29, 1.82) is 0 Å². The molecule has 0 radical (unpaired) electrons. The van der Waals surface area contributed by atoms with Crippen molar-refractivity contribution in [1.82, 2.24) is 9.97 Å². The molecule has 1 N–H and O–H groups in total. The third-order valence-corrected chi connectivity index (χ3v) is 3.60. The lowest BCUT2D eigenvalue weighted by Crippen LogP contribution is -2.14. The highest BCUT2D eigenvalue weighted by Crippen LogP contribution is 2.23. The summed E-state index contributed by atoms with van der Waals surface area (Å²) in [5.41, 5.74) is 2.10. The van der Waals surface area contributed by atoms with Gasteiger partial charge in [-0.1, -0.05) is 11.6 Å². The van der Waals surface area contributed by atoms with Crippen molar-refractivity contribution in [3.63, 3.8) is 0 Å². The molecule has 2 rings (SSSR count). The van der Waals surface area contributed by atoms with Crippen molar-refractivity contribution in [2.75, 3.05) is 5.32 Å². The van der Waals surface area contributed by atoms with Gasteiger partial charge in [0.05, 0.1) is 5.02 Å². The van der Waals surface area contributed by atoms with Crippen LogP contribution in [0.25, 0.3) is 0 Å². The standard InChI is InChI=1S/C13H11BrClN3O/c1-7-5-8(2)17-13(16-7)18-12(19)9-3-4-11(15)10(14)6-9/h3-6H,1-2H3,(H,16,17,18,19). The fourth-order valence-electron chi connectivity index (χ4n) is 1.59. The largest absolute Gasteiger partial charge is 0.290 e. The molecule has 0 saturated heterocycles. The Morgan fingerprint density at radius 3 is 2.42 bits per heavy atom. The van der Waals surface area contributed by atoms with Gasteiger partial charge in [-0.3, -0.25) is 10.1 Å². The Kier molecular flexibility index (Phi) is 4.17. The van der Waals surface area contributed by atoms with Crippen LogP contribution in [0.1, 0.15) is 21.7 Å². The summed E-state index contributed by atoms with van der Waals surface area (Å²) in [5.74, 6) is 0.0240. The number of rotatable bonds is 2. The molecule has 1 amide bonds. The van der Waals surface area contributed by atoms with E-state index < -0.39 is 0 Å². The van der Waals surface area contributed by atoms with Crippen molar-refractivity contribution in [3.8, 4) is 0 Å². The first-order chi connectivity index (χ1) is 8.95.